The number of hydrogen-bond donors (Lipinski definition) is 2. The van der Waals surface area contributed by atoms with Gasteiger partial charge in [-0.2, -0.15) is 0 Å². The predicted octanol–water partition coefficient (Wildman–Crippen LogP) is 4.03. The Morgan fingerprint density at radius 2 is 1.49 bits per heavy atom. The highest BCUT2D eigenvalue weighted by Crippen LogP contribution is 2.16. The van der Waals surface area contributed by atoms with Crippen LogP contribution < -0.4 is 16.2 Å². The molecule has 4 rings (SSSR count). The molecule has 0 radical (unpaired) electrons. The molecule has 1 aromatic heterocycles. The second-order valence-electron chi connectivity index (χ2n) is 7.82. The lowest BCUT2D eigenvalue weighted by molar-refractivity contribution is -0.113. The van der Waals surface area contributed by atoms with E-state index < -0.39 is 23.2 Å². The lowest BCUT2D eigenvalue weighted by Crippen LogP contribution is -2.32. The van der Waals surface area contributed by atoms with E-state index in [1.807, 2.05) is 18.2 Å². The Morgan fingerprint density at radius 3 is 2.11 bits per heavy atom. The fourth-order valence-electron chi connectivity index (χ4n) is 3.56. The maximum Gasteiger partial charge on any atom is 0.295 e. The van der Waals surface area contributed by atoms with Gasteiger partial charge < -0.3 is 10.6 Å². The Hall–Kier alpha value is -4.72. The summed E-state index contributed by atoms with van der Waals surface area (Å²) >= 11 is 0. The van der Waals surface area contributed by atoms with Crippen molar-refractivity contribution in [3.05, 3.63) is 124 Å². The summed E-state index contributed by atoms with van der Waals surface area (Å²) < 4.78 is 16.4. The van der Waals surface area contributed by atoms with Gasteiger partial charge in [-0.25, -0.2) is 9.07 Å². The number of amides is 2. The molecule has 0 fully saturated rings. The number of aromatic nitrogens is 2. The minimum atomic E-state index is -0.690. The third-order valence-electron chi connectivity index (χ3n) is 5.50. The average Bonchev–Trinajstić information content (AvgIpc) is 3.08. The number of carbonyl (C=O) groups is 2. The summed E-state index contributed by atoms with van der Waals surface area (Å²) in [6, 6.07) is 22.9. The quantitative estimate of drug-likeness (QED) is 0.417. The molecule has 0 spiro atoms. The number of carbonyl (C=O) groups excluding carboxylic acids is 2. The Morgan fingerprint density at radius 1 is 0.886 bits per heavy atom. The van der Waals surface area contributed by atoms with E-state index >= 15 is 0 Å². The molecule has 0 bridgehead atoms. The summed E-state index contributed by atoms with van der Waals surface area (Å²) in [5, 5.41) is 5.26. The van der Waals surface area contributed by atoms with E-state index in [0.717, 1.165) is 0 Å². The van der Waals surface area contributed by atoms with Crippen molar-refractivity contribution in [2.24, 2.45) is 7.05 Å². The normalized spacial score (nSPS) is 11.2. The van der Waals surface area contributed by atoms with Crippen LogP contribution in [0.3, 0.4) is 0 Å². The van der Waals surface area contributed by atoms with Crippen molar-refractivity contribution in [1.29, 1.82) is 0 Å². The summed E-state index contributed by atoms with van der Waals surface area (Å²) in [6.45, 7) is 1.71. The number of rotatable bonds is 6. The molecule has 0 aliphatic rings. The van der Waals surface area contributed by atoms with E-state index in [1.54, 1.807) is 61.1 Å². The molecular formula is C27H23FN4O3. The molecule has 0 atom stereocenters. The zero-order chi connectivity index (χ0) is 24.9. The van der Waals surface area contributed by atoms with E-state index in [2.05, 4.69) is 10.6 Å². The van der Waals surface area contributed by atoms with Gasteiger partial charge in [0.05, 0.1) is 11.4 Å². The van der Waals surface area contributed by atoms with Crippen LogP contribution in [-0.4, -0.2) is 21.2 Å². The van der Waals surface area contributed by atoms with Crippen molar-refractivity contribution >= 4 is 23.6 Å². The monoisotopic (exact) mass is 470 g/mol. The molecule has 176 valence electrons. The largest absolute Gasteiger partial charge is 0.317 e. The van der Waals surface area contributed by atoms with E-state index in [0.29, 0.717) is 22.5 Å². The number of benzene rings is 3. The standard InChI is InChI=1S/C27H23FN4O3/c1-18-24(27(35)32(31(18)2)22-11-7-4-8-12-22)30-26(34)23(17-19-13-15-21(28)16-14-19)29-25(33)20-9-5-3-6-10-20/h3-17H,1-2H3,(H,29,33)(H,30,34)/b23-17-. The Kier molecular flexibility index (Phi) is 6.73. The molecular weight excluding hydrogens is 447 g/mol. The Labute approximate surface area is 201 Å². The summed E-state index contributed by atoms with van der Waals surface area (Å²) in [7, 11) is 1.71. The fraction of sp³-hybridized carbons (Fsp3) is 0.0741. The van der Waals surface area contributed by atoms with Crippen LogP contribution in [-0.2, 0) is 11.8 Å². The van der Waals surface area contributed by atoms with Crippen molar-refractivity contribution in [2.45, 2.75) is 6.92 Å². The highest BCUT2D eigenvalue weighted by atomic mass is 19.1. The second kappa shape index (κ2) is 10.0. The number of nitrogens with zero attached hydrogens (tertiary/aromatic N) is 2. The van der Waals surface area contributed by atoms with Crippen LogP contribution in [0.5, 0.6) is 0 Å². The third kappa shape index (κ3) is 5.11. The van der Waals surface area contributed by atoms with Crippen LogP contribution in [0.15, 0.2) is 95.4 Å². The zero-order valence-electron chi connectivity index (χ0n) is 19.2. The van der Waals surface area contributed by atoms with Crippen molar-refractivity contribution in [1.82, 2.24) is 14.7 Å². The van der Waals surface area contributed by atoms with Gasteiger partial charge in [-0.15, -0.1) is 0 Å². The first-order chi connectivity index (χ1) is 16.8. The minimum absolute atomic E-state index is 0.0836. The number of hydrogen-bond acceptors (Lipinski definition) is 3. The van der Waals surface area contributed by atoms with E-state index in [1.165, 1.54) is 35.0 Å². The van der Waals surface area contributed by atoms with Crippen LogP contribution in [0.4, 0.5) is 10.1 Å². The fourth-order valence-corrected chi connectivity index (χ4v) is 3.56. The highest BCUT2D eigenvalue weighted by molar-refractivity contribution is 6.10. The Balaban J connectivity index is 1.69. The average molecular weight is 471 g/mol. The highest BCUT2D eigenvalue weighted by Gasteiger charge is 2.21. The molecule has 35 heavy (non-hydrogen) atoms. The minimum Gasteiger partial charge on any atom is -0.317 e. The van der Waals surface area contributed by atoms with Gasteiger partial charge in [0.1, 0.15) is 17.2 Å². The van der Waals surface area contributed by atoms with Crippen LogP contribution in [0.1, 0.15) is 21.6 Å². The van der Waals surface area contributed by atoms with Crippen molar-refractivity contribution < 1.29 is 14.0 Å². The van der Waals surface area contributed by atoms with E-state index in [-0.39, 0.29) is 11.4 Å². The molecule has 8 heteroatoms. The van der Waals surface area contributed by atoms with E-state index in [4.69, 9.17) is 0 Å². The van der Waals surface area contributed by atoms with Gasteiger partial charge in [0.2, 0.25) is 0 Å². The van der Waals surface area contributed by atoms with Gasteiger partial charge >= 0.3 is 0 Å². The smallest absolute Gasteiger partial charge is 0.295 e. The SMILES string of the molecule is Cc1c(NC(=O)/C(=C/c2ccc(F)cc2)NC(=O)c2ccccc2)c(=O)n(-c2ccccc2)n1C. The van der Waals surface area contributed by atoms with Gasteiger partial charge in [-0.1, -0.05) is 48.5 Å². The molecule has 3 aromatic carbocycles. The second-order valence-corrected chi connectivity index (χ2v) is 7.82. The van der Waals surface area contributed by atoms with E-state index in [9.17, 15) is 18.8 Å². The number of halogens is 1. The lowest BCUT2D eigenvalue weighted by Gasteiger charge is -2.11. The lowest BCUT2D eigenvalue weighted by atomic mass is 10.1. The van der Waals surface area contributed by atoms with Crippen LogP contribution >= 0.6 is 0 Å². The maximum absolute atomic E-state index is 13.4. The van der Waals surface area contributed by atoms with Gasteiger partial charge in [0.15, 0.2) is 0 Å². The van der Waals surface area contributed by atoms with Gasteiger partial charge in [0.25, 0.3) is 17.4 Å². The predicted molar refractivity (Wildman–Crippen MR) is 133 cm³/mol. The van der Waals surface area contributed by atoms with Crippen LogP contribution in [0.2, 0.25) is 0 Å². The summed E-state index contributed by atoms with van der Waals surface area (Å²) in [6.07, 6.45) is 1.42. The molecule has 2 N–H and O–H groups in total. The molecule has 0 saturated heterocycles. The third-order valence-corrected chi connectivity index (χ3v) is 5.50. The van der Waals surface area contributed by atoms with Crippen molar-refractivity contribution in [3.63, 3.8) is 0 Å². The van der Waals surface area contributed by atoms with Crippen LogP contribution in [0.25, 0.3) is 11.8 Å². The molecule has 0 aliphatic heterocycles. The summed E-state index contributed by atoms with van der Waals surface area (Å²) in [5.41, 5.74) is 1.59. The first-order valence-corrected chi connectivity index (χ1v) is 10.8. The molecule has 4 aromatic rings. The molecule has 7 nitrogen and oxygen atoms in total. The molecule has 0 unspecified atom stereocenters. The summed E-state index contributed by atoms with van der Waals surface area (Å²) in [4.78, 5) is 39.2. The number of nitrogens with one attached hydrogen (secondary N) is 2. The topological polar surface area (TPSA) is 85.1 Å². The maximum atomic E-state index is 13.4. The summed E-state index contributed by atoms with van der Waals surface area (Å²) in [5.74, 6) is -1.62. The van der Waals surface area contributed by atoms with Crippen LogP contribution in [0, 0.1) is 12.7 Å². The first-order valence-electron chi connectivity index (χ1n) is 10.8. The molecule has 0 saturated carbocycles. The Bertz CT molecular complexity index is 1450. The van der Waals surface area contributed by atoms with Gasteiger partial charge in [-0.05, 0) is 55.0 Å². The number of para-hydroxylation sites is 1. The molecule has 0 aliphatic carbocycles. The first kappa shape index (κ1) is 23.4. The van der Waals surface area contributed by atoms with Crippen molar-refractivity contribution in [2.75, 3.05) is 5.32 Å². The molecule has 1 heterocycles. The van der Waals surface area contributed by atoms with Gasteiger partial charge in [-0.3, -0.25) is 19.1 Å². The zero-order valence-corrected chi connectivity index (χ0v) is 19.2. The van der Waals surface area contributed by atoms with Gasteiger partial charge in [0, 0.05) is 12.6 Å². The van der Waals surface area contributed by atoms with Crippen molar-refractivity contribution in [3.8, 4) is 5.69 Å². The molecule has 2 amide bonds. The number of anilines is 1.